The molecule has 0 aliphatic carbocycles. The molecule has 2 rings (SSSR count). The number of nitrogens with one attached hydrogen (secondary N) is 1. The zero-order valence-electron chi connectivity index (χ0n) is 14.9. The fourth-order valence-corrected chi connectivity index (χ4v) is 2.86. The Morgan fingerprint density at radius 2 is 1.69 bits per heavy atom. The highest BCUT2D eigenvalue weighted by Gasteiger charge is 2.11. The molecule has 1 amide bonds. The zero-order valence-corrected chi connectivity index (χ0v) is 15.7. The van der Waals surface area contributed by atoms with Gasteiger partial charge < -0.3 is 19.5 Å². The Hall–Kier alpha value is -2.67. The molecule has 0 spiro atoms. The second kappa shape index (κ2) is 9.72. The maximum atomic E-state index is 12.4. The average molecular weight is 375 g/mol. The molecule has 0 heterocycles. The van der Waals surface area contributed by atoms with E-state index in [4.69, 9.17) is 14.2 Å². The second-order valence-electron chi connectivity index (χ2n) is 5.14. The highest BCUT2D eigenvalue weighted by atomic mass is 32.2. The molecular weight excluding hydrogens is 354 g/mol. The number of rotatable bonds is 8. The van der Waals surface area contributed by atoms with Crippen molar-refractivity contribution in [3.05, 3.63) is 48.0 Å². The highest BCUT2D eigenvalue weighted by Crippen LogP contribution is 2.28. The van der Waals surface area contributed by atoms with Crippen molar-refractivity contribution in [2.75, 3.05) is 31.9 Å². The second-order valence-corrected chi connectivity index (χ2v) is 6.19. The summed E-state index contributed by atoms with van der Waals surface area (Å²) in [6.45, 7) is 2.15. The number of thioether (sulfide) groups is 1. The summed E-state index contributed by atoms with van der Waals surface area (Å²) >= 11 is 1.38. The number of esters is 1. The van der Waals surface area contributed by atoms with Crippen LogP contribution in [-0.2, 0) is 9.53 Å². The van der Waals surface area contributed by atoms with Crippen LogP contribution in [0, 0.1) is 0 Å². The number of hydrogen-bond acceptors (Lipinski definition) is 6. The van der Waals surface area contributed by atoms with Gasteiger partial charge in [-0.25, -0.2) is 0 Å². The minimum absolute atomic E-state index is 0.247. The van der Waals surface area contributed by atoms with Crippen molar-refractivity contribution in [2.24, 2.45) is 0 Å². The van der Waals surface area contributed by atoms with Crippen LogP contribution in [0.15, 0.2) is 47.4 Å². The molecule has 0 fully saturated rings. The molecule has 0 atom stereocenters. The normalized spacial score (nSPS) is 10.1. The standard InChI is InChI=1S/C19H21NO5S/c1-4-25-18(21)12-26-15-8-6-14(7-9-15)20-19(22)13-5-10-16(23-2)17(11-13)24-3/h5-11H,4,12H2,1-3H3,(H,20,22). The van der Waals surface area contributed by atoms with E-state index in [1.54, 1.807) is 44.4 Å². The van der Waals surface area contributed by atoms with E-state index < -0.39 is 0 Å². The molecule has 0 radical (unpaired) electrons. The third-order valence-corrected chi connectivity index (χ3v) is 4.41. The quantitative estimate of drug-likeness (QED) is 0.561. The fraction of sp³-hybridized carbons (Fsp3) is 0.263. The van der Waals surface area contributed by atoms with E-state index in [2.05, 4.69) is 5.32 Å². The average Bonchev–Trinajstić information content (AvgIpc) is 2.67. The first-order chi connectivity index (χ1) is 12.6. The van der Waals surface area contributed by atoms with Crippen LogP contribution in [0.5, 0.6) is 11.5 Å². The first-order valence-corrected chi connectivity index (χ1v) is 8.97. The van der Waals surface area contributed by atoms with Gasteiger partial charge in [-0.3, -0.25) is 9.59 Å². The van der Waals surface area contributed by atoms with Gasteiger partial charge >= 0.3 is 5.97 Å². The van der Waals surface area contributed by atoms with Gasteiger partial charge in [-0.2, -0.15) is 0 Å². The Morgan fingerprint density at radius 3 is 2.31 bits per heavy atom. The molecule has 0 saturated heterocycles. The summed E-state index contributed by atoms with van der Waals surface area (Å²) in [5, 5.41) is 2.82. The van der Waals surface area contributed by atoms with Gasteiger partial charge in [-0.1, -0.05) is 0 Å². The van der Waals surface area contributed by atoms with Crippen molar-refractivity contribution in [3.8, 4) is 11.5 Å². The summed E-state index contributed by atoms with van der Waals surface area (Å²) in [5.41, 5.74) is 1.12. The van der Waals surface area contributed by atoms with Crippen LogP contribution in [0.2, 0.25) is 0 Å². The number of ether oxygens (including phenoxy) is 3. The van der Waals surface area contributed by atoms with E-state index in [9.17, 15) is 9.59 Å². The van der Waals surface area contributed by atoms with Gasteiger partial charge in [0.2, 0.25) is 0 Å². The molecule has 26 heavy (non-hydrogen) atoms. The summed E-state index contributed by atoms with van der Waals surface area (Å²) in [5.74, 6) is 0.810. The molecule has 2 aromatic rings. The molecule has 138 valence electrons. The van der Waals surface area contributed by atoms with Gasteiger partial charge in [-0.05, 0) is 49.4 Å². The number of hydrogen-bond donors (Lipinski definition) is 1. The number of benzene rings is 2. The monoisotopic (exact) mass is 375 g/mol. The van der Waals surface area contributed by atoms with E-state index in [0.717, 1.165) is 4.90 Å². The molecule has 1 N–H and O–H groups in total. The van der Waals surface area contributed by atoms with Crippen molar-refractivity contribution in [3.63, 3.8) is 0 Å². The van der Waals surface area contributed by atoms with Crippen LogP contribution in [-0.4, -0.2) is 38.5 Å². The summed E-state index contributed by atoms with van der Waals surface area (Å²) in [6.07, 6.45) is 0. The number of amides is 1. The lowest BCUT2D eigenvalue weighted by molar-refractivity contribution is -0.139. The lowest BCUT2D eigenvalue weighted by atomic mass is 10.2. The Morgan fingerprint density at radius 1 is 1.00 bits per heavy atom. The van der Waals surface area contributed by atoms with Gasteiger partial charge in [0.05, 0.1) is 26.6 Å². The largest absolute Gasteiger partial charge is 0.493 e. The molecule has 2 aromatic carbocycles. The Kier molecular flexibility index (Phi) is 7.35. The summed E-state index contributed by atoms with van der Waals surface area (Å²) in [7, 11) is 3.06. The molecule has 0 bridgehead atoms. The molecule has 0 aliphatic rings. The smallest absolute Gasteiger partial charge is 0.316 e. The molecule has 0 saturated carbocycles. The lowest BCUT2D eigenvalue weighted by Gasteiger charge is -2.10. The van der Waals surface area contributed by atoms with Crippen molar-refractivity contribution < 1.29 is 23.8 Å². The number of anilines is 1. The van der Waals surface area contributed by atoms with Crippen LogP contribution in [0.3, 0.4) is 0 Å². The van der Waals surface area contributed by atoms with Crippen LogP contribution in [0.4, 0.5) is 5.69 Å². The topological polar surface area (TPSA) is 73.9 Å². The van der Waals surface area contributed by atoms with Crippen LogP contribution in [0.25, 0.3) is 0 Å². The first kappa shape index (κ1) is 19.7. The Balaban J connectivity index is 1.98. The van der Waals surface area contributed by atoms with Crippen LogP contribution < -0.4 is 14.8 Å². The summed E-state index contributed by atoms with van der Waals surface area (Å²) in [4.78, 5) is 24.7. The van der Waals surface area contributed by atoms with Gasteiger partial charge in [0.15, 0.2) is 11.5 Å². The minimum Gasteiger partial charge on any atom is -0.493 e. The predicted molar refractivity (Wildman–Crippen MR) is 101 cm³/mol. The highest BCUT2D eigenvalue weighted by molar-refractivity contribution is 8.00. The number of methoxy groups -OCH3 is 2. The molecule has 0 aromatic heterocycles. The SMILES string of the molecule is CCOC(=O)CSc1ccc(NC(=O)c2ccc(OC)c(OC)c2)cc1. The van der Waals surface area contributed by atoms with E-state index in [1.807, 2.05) is 12.1 Å². The van der Waals surface area contributed by atoms with E-state index in [1.165, 1.54) is 18.9 Å². The molecule has 0 aliphatic heterocycles. The first-order valence-electron chi connectivity index (χ1n) is 7.99. The van der Waals surface area contributed by atoms with E-state index >= 15 is 0 Å². The number of carbonyl (C=O) groups excluding carboxylic acids is 2. The van der Waals surface area contributed by atoms with Gasteiger partial charge in [-0.15, -0.1) is 11.8 Å². The van der Waals surface area contributed by atoms with Crippen LogP contribution in [0.1, 0.15) is 17.3 Å². The third-order valence-electron chi connectivity index (χ3n) is 3.42. The van der Waals surface area contributed by atoms with Crippen LogP contribution >= 0.6 is 11.8 Å². The zero-order chi connectivity index (χ0) is 18.9. The predicted octanol–water partition coefficient (Wildman–Crippen LogP) is 3.61. The van der Waals surface area contributed by atoms with Crippen molar-refractivity contribution in [1.82, 2.24) is 0 Å². The number of carbonyl (C=O) groups is 2. The Bertz CT molecular complexity index is 761. The van der Waals surface area contributed by atoms with Crippen molar-refractivity contribution in [1.29, 1.82) is 0 Å². The van der Waals surface area contributed by atoms with E-state index in [-0.39, 0.29) is 17.6 Å². The fourth-order valence-electron chi connectivity index (χ4n) is 2.16. The van der Waals surface area contributed by atoms with E-state index in [0.29, 0.717) is 29.4 Å². The van der Waals surface area contributed by atoms with Crippen molar-refractivity contribution in [2.45, 2.75) is 11.8 Å². The van der Waals surface area contributed by atoms with Crippen molar-refractivity contribution >= 4 is 29.3 Å². The van der Waals surface area contributed by atoms with Gasteiger partial charge in [0.25, 0.3) is 5.91 Å². The van der Waals surface area contributed by atoms with Gasteiger partial charge in [0.1, 0.15) is 0 Å². The molecule has 0 unspecified atom stereocenters. The maximum Gasteiger partial charge on any atom is 0.316 e. The third kappa shape index (κ3) is 5.42. The molecular formula is C19H21NO5S. The minimum atomic E-state index is -0.252. The molecule has 6 nitrogen and oxygen atoms in total. The maximum absolute atomic E-state index is 12.4. The summed E-state index contributed by atoms with van der Waals surface area (Å²) in [6, 6.07) is 12.2. The summed E-state index contributed by atoms with van der Waals surface area (Å²) < 4.78 is 15.3. The van der Waals surface area contributed by atoms with Gasteiger partial charge in [0, 0.05) is 16.1 Å². The Labute approximate surface area is 156 Å². The lowest BCUT2D eigenvalue weighted by Crippen LogP contribution is -2.12. The molecule has 7 heteroatoms.